The number of halogens is 1. The number of aliphatic hydroxyl groups is 1. The number of hydrogen-bond donors (Lipinski definition) is 1. The Labute approximate surface area is 194 Å². The number of pyridine rings is 1. The fourth-order valence-electron chi connectivity index (χ4n) is 4.45. The summed E-state index contributed by atoms with van der Waals surface area (Å²) in [5.74, 6) is 1.18. The molecule has 0 unspecified atom stereocenters. The Balaban J connectivity index is 1.24. The maximum Gasteiger partial charge on any atom is 0.141 e. The minimum absolute atomic E-state index is 0.354. The second-order valence-corrected chi connectivity index (χ2v) is 9.05. The number of aryl methyl sites for hydroxylation is 2. The van der Waals surface area contributed by atoms with Crippen LogP contribution in [0.15, 0.2) is 48.7 Å². The van der Waals surface area contributed by atoms with Crippen molar-refractivity contribution >= 4 is 5.82 Å². The van der Waals surface area contributed by atoms with Crippen LogP contribution < -0.4 is 9.64 Å². The lowest BCUT2D eigenvalue weighted by Crippen LogP contribution is -2.43. The third kappa shape index (κ3) is 6.09. The van der Waals surface area contributed by atoms with E-state index in [1.807, 2.05) is 42.6 Å². The highest BCUT2D eigenvalue weighted by atomic mass is 19.1. The second-order valence-electron chi connectivity index (χ2n) is 9.05. The molecule has 8 heteroatoms. The smallest absolute Gasteiger partial charge is 0.141 e. The molecule has 4 rings (SSSR count). The molecular weight excluding hydrogens is 421 g/mol. The van der Waals surface area contributed by atoms with Crippen molar-refractivity contribution in [3.05, 3.63) is 71.4 Å². The first-order chi connectivity index (χ1) is 15.8. The third-order valence-corrected chi connectivity index (χ3v) is 5.98. The molecule has 1 aliphatic heterocycles. The molecule has 1 aromatic carbocycles. The van der Waals surface area contributed by atoms with E-state index in [0.29, 0.717) is 45.0 Å². The first kappa shape index (κ1) is 23.2. The Bertz CT molecular complexity index is 1050. The number of β-amino-alcohol motifs (C(OH)–C–C–N with tert-alkyl or cyclic N) is 1. The zero-order chi connectivity index (χ0) is 23.4. The highest BCUT2D eigenvalue weighted by Gasteiger charge is 2.37. The van der Waals surface area contributed by atoms with Gasteiger partial charge in [-0.1, -0.05) is 12.1 Å². The van der Waals surface area contributed by atoms with Crippen LogP contribution in [0.3, 0.4) is 0 Å². The molecule has 1 aliphatic rings. The van der Waals surface area contributed by atoms with Gasteiger partial charge in [-0.25, -0.2) is 9.37 Å². The van der Waals surface area contributed by atoms with Gasteiger partial charge < -0.3 is 14.7 Å². The summed E-state index contributed by atoms with van der Waals surface area (Å²) in [4.78, 5) is 8.26. The first-order valence-corrected chi connectivity index (χ1v) is 11.3. The van der Waals surface area contributed by atoms with Gasteiger partial charge in [0.1, 0.15) is 24.0 Å². The molecule has 7 nitrogen and oxygen atoms in total. The fourth-order valence-corrected chi connectivity index (χ4v) is 4.45. The number of aromatic nitrogens is 3. The molecule has 1 fully saturated rings. The predicted octanol–water partition coefficient (Wildman–Crippen LogP) is 3.19. The van der Waals surface area contributed by atoms with Crippen molar-refractivity contribution in [3.8, 4) is 5.75 Å². The summed E-state index contributed by atoms with van der Waals surface area (Å²) >= 11 is 0. The summed E-state index contributed by atoms with van der Waals surface area (Å²) in [6, 6.07) is 13.2. The Morgan fingerprint density at radius 2 is 1.97 bits per heavy atom. The van der Waals surface area contributed by atoms with E-state index in [2.05, 4.69) is 33.2 Å². The zero-order valence-electron chi connectivity index (χ0n) is 19.5. The molecule has 1 atom stereocenters. The normalized spacial score (nSPS) is 18.3. The fraction of sp³-hybridized carbons (Fsp3) is 0.440. The Kier molecular flexibility index (Phi) is 6.95. The average Bonchev–Trinajstić information content (AvgIpc) is 3.31. The SMILES string of the molecule is Cc1cc(C)n(CCOc2ccc(CN(C)C[C@@]3(O)CCN(c4ccc(F)cn4)C3)cc2)n1. The van der Waals surface area contributed by atoms with Gasteiger partial charge in [-0.3, -0.25) is 9.58 Å². The monoisotopic (exact) mass is 453 g/mol. The molecule has 0 bridgehead atoms. The lowest BCUT2D eigenvalue weighted by atomic mass is 10.0. The molecule has 0 aliphatic carbocycles. The molecule has 0 spiro atoms. The van der Waals surface area contributed by atoms with Crippen LogP contribution in [-0.2, 0) is 13.1 Å². The molecule has 3 heterocycles. The molecule has 33 heavy (non-hydrogen) atoms. The number of hydrogen-bond acceptors (Lipinski definition) is 6. The van der Waals surface area contributed by atoms with Crippen molar-refractivity contribution in [1.29, 1.82) is 0 Å². The lowest BCUT2D eigenvalue weighted by molar-refractivity contribution is 0.0279. The van der Waals surface area contributed by atoms with Gasteiger partial charge in [-0.05, 0) is 63.2 Å². The van der Waals surface area contributed by atoms with Crippen molar-refractivity contribution in [3.63, 3.8) is 0 Å². The molecular formula is C25H32FN5O2. The van der Waals surface area contributed by atoms with Crippen molar-refractivity contribution in [2.75, 3.05) is 38.2 Å². The number of rotatable bonds is 9. The average molecular weight is 454 g/mol. The van der Waals surface area contributed by atoms with Crippen molar-refractivity contribution in [1.82, 2.24) is 19.7 Å². The van der Waals surface area contributed by atoms with Crippen LogP contribution in [0.2, 0.25) is 0 Å². The molecule has 3 aromatic rings. The Hall–Kier alpha value is -2.97. The maximum absolute atomic E-state index is 13.1. The topological polar surface area (TPSA) is 66.7 Å². The van der Waals surface area contributed by atoms with E-state index in [1.165, 1.54) is 12.3 Å². The van der Waals surface area contributed by atoms with Crippen LogP contribution in [0.1, 0.15) is 23.4 Å². The summed E-state index contributed by atoms with van der Waals surface area (Å²) in [6.07, 6.45) is 1.87. The van der Waals surface area contributed by atoms with Crippen molar-refractivity contribution in [2.45, 2.75) is 39.0 Å². The van der Waals surface area contributed by atoms with E-state index in [1.54, 1.807) is 6.07 Å². The standard InChI is InChI=1S/C25H32FN5O2/c1-19-14-20(2)31(28-19)12-13-33-23-7-4-21(5-8-23)16-29(3)17-25(32)10-11-30(18-25)24-9-6-22(26)15-27-24/h4-9,14-15,32H,10-13,16-18H2,1-3H3/t25-/m0/s1. The summed E-state index contributed by atoms with van der Waals surface area (Å²) < 4.78 is 21.0. The Morgan fingerprint density at radius 3 is 2.64 bits per heavy atom. The summed E-state index contributed by atoms with van der Waals surface area (Å²) in [5.41, 5.74) is 2.48. The van der Waals surface area contributed by atoms with Crippen LogP contribution in [0.4, 0.5) is 10.2 Å². The van der Waals surface area contributed by atoms with E-state index in [0.717, 1.165) is 29.2 Å². The van der Waals surface area contributed by atoms with Crippen molar-refractivity contribution in [2.24, 2.45) is 0 Å². The number of likely N-dealkylation sites (N-methyl/N-ethyl adjacent to an activating group) is 1. The first-order valence-electron chi connectivity index (χ1n) is 11.3. The highest BCUT2D eigenvalue weighted by Crippen LogP contribution is 2.26. The van der Waals surface area contributed by atoms with Crippen molar-refractivity contribution < 1.29 is 14.2 Å². The zero-order valence-corrected chi connectivity index (χ0v) is 19.5. The minimum atomic E-state index is -0.823. The van der Waals surface area contributed by atoms with Crippen LogP contribution in [0.5, 0.6) is 5.75 Å². The number of nitrogens with zero attached hydrogens (tertiary/aromatic N) is 5. The maximum atomic E-state index is 13.1. The number of benzene rings is 1. The van der Waals surface area contributed by atoms with E-state index in [9.17, 15) is 9.50 Å². The second kappa shape index (κ2) is 9.89. The number of ether oxygens (including phenoxy) is 1. The molecule has 1 saturated heterocycles. The van der Waals surface area contributed by atoms with Crippen LogP contribution in [0, 0.1) is 19.7 Å². The van der Waals surface area contributed by atoms with E-state index >= 15 is 0 Å². The summed E-state index contributed by atoms with van der Waals surface area (Å²) in [6.45, 7) is 7.77. The largest absolute Gasteiger partial charge is 0.492 e. The molecule has 2 aromatic heterocycles. The van der Waals surface area contributed by atoms with Gasteiger partial charge in [0.2, 0.25) is 0 Å². The van der Waals surface area contributed by atoms with Crippen LogP contribution in [-0.4, -0.2) is 63.7 Å². The van der Waals surface area contributed by atoms with Gasteiger partial charge in [-0.15, -0.1) is 0 Å². The van der Waals surface area contributed by atoms with E-state index in [-0.39, 0.29) is 5.82 Å². The van der Waals surface area contributed by atoms with Gasteiger partial charge in [0.05, 0.1) is 24.0 Å². The van der Waals surface area contributed by atoms with E-state index < -0.39 is 5.60 Å². The third-order valence-electron chi connectivity index (χ3n) is 5.98. The van der Waals surface area contributed by atoms with Gasteiger partial charge in [-0.2, -0.15) is 5.10 Å². The van der Waals surface area contributed by atoms with Crippen LogP contribution in [0.25, 0.3) is 0 Å². The predicted molar refractivity (Wildman–Crippen MR) is 126 cm³/mol. The molecule has 0 amide bonds. The highest BCUT2D eigenvalue weighted by molar-refractivity contribution is 5.40. The summed E-state index contributed by atoms with van der Waals surface area (Å²) in [7, 11) is 2.01. The number of anilines is 1. The minimum Gasteiger partial charge on any atom is -0.492 e. The van der Waals surface area contributed by atoms with Gasteiger partial charge in [0.25, 0.3) is 0 Å². The summed E-state index contributed by atoms with van der Waals surface area (Å²) in [5, 5.41) is 15.5. The quantitative estimate of drug-likeness (QED) is 0.537. The molecule has 0 radical (unpaired) electrons. The lowest BCUT2D eigenvalue weighted by Gasteiger charge is -2.29. The molecule has 1 N–H and O–H groups in total. The molecule has 0 saturated carbocycles. The van der Waals surface area contributed by atoms with Gasteiger partial charge in [0, 0.05) is 31.9 Å². The van der Waals surface area contributed by atoms with Crippen LogP contribution >= 0.6 is 0 Å². The van der Waals surface area contributed by atoms with Gasteiger partial charge >= 0.3 is 0 Å². The van der Waals surface area contributed by atoms with E-state index in [4.69, 9.17) is 4.74 Å². The molecule has 176 valence electrons. The Morgan fingerprint density at radius 1 is 1.18 bits per heavy atom. The van der Waals surface area contributed by atoms with Gasteiger partial charge in [0.15, 0.2) is 0 Å².